The average Bonchev–Trinajstić information content (AvgIpc) is 2.71. The Labute approximate surface area is 78.8 Å². The fourth-order valence-corrected chi connectivity index (χ4v) is 2.07. The second-order valence-electron chi connectivity index (χ2n) is 3.86. The highest BCUT2D eigenvalue weighted by atomic mass is 16.5. The minimum Gasteiger partial charge on any atom is -0.501 e. The largest absolute Gasteiger partial charge is 0.501 e. The maximum absolute atomic E-state index is 9.99. The van der Waals surface area contributed by atoms with Crippen molar-refractivity contribution in [1.82, 2.24) is 5.32 Å². The van der Waals surface area contributed by atoms with Crippen molar-refractivity contribution in [3.63, 3.8) is 0 Å². The van der Waals surface area contributed by atoms with Crippen molar-refractivity contribution in [1.29, 1.82) is 0 Å². The average molecular weight is 183 g/mol. The van der Waals surface area contributed by atoms with Crippen LogP contribution in [-0.4, -0.2) is 30.9 Å². The molecular formula is C10H17NO2. The molecule has 3 heteroatoms. The van der Waals surface area contributed by atoms with E-state index in [0.717, 1.165) is 38.1 Å². The van der Waals surface area contributed by atoms with Crippen LogP contribution in [0.1, 0.15) is 19.3 Å². The molecule has 0 aromatic heterocycles. The van der Waals surface area contributed by atoms with Crippen LogP contribution < -0.4 is 5.32 Å². The van der Waals surface area contributed by atoms with Gasteiger partial charge in [0.1, 0.15) is 0 Å². The summed E-state index contributed by atoms with van der Waals surface area (Å²) in [5.74, 6) is 0.390. The molecule has 0 aromatic carbocycles. The van der Waals surface area contributed by atoms with E-state index < -0.39 is 0 Å². The van der Waals surface area contributed by atoms with Crippen molar-refractivity contribution in [2.75, 3.05) is 19.7 Å². The Bertz CT molecular complexity index is 197. The van der Waals surface area contributed by atoms with Crippen molar-refractivity contribution in [2.24, 2.45) is 5.92 Å². The predicted octanol–water partition coefficient (Wildman–Crippen LogP) is 0.651. The van der Waals surface area contributed by atoms with Crippen LogP contribution in [0.3, 0.4) is 0 Å². The summed E-state index contributed by atoms with van der Waals surface area (Å²) in [5, 5.41) is 13.3. The van der Waals surface area contributed by atoms with Crippen LogP contribution in [0.15, 0.2) is 11.8 Å². The molecule has 2 aliphatic heterocycles. The first-order valence-electron chi connectivity index (χ1n) is 5.07. The Morgan fingerprint density at radius 2 is 2.54 bits per heavy atom. The van der Waals surface area contributed by atoms with Gasteiger partial charge in [0.25, 0.3) is 0 Å². The number of nitrogens with one attached hydrogen (secondary N) is 1. The lowest BCUT2D eigenvalue weighted by Crippen LogP contribution is -2.37. The number of hydrogen-bond donors (Lipinski definition) is 2. The lowest BCUT2D eigenvalue weighted by Gasteiger charge is -2.27. The molecule has 3 nitrogen and oxygen atoms in total. The summed E-state index contributed by atoms with van der Waals surface area (Å²) in [6.07, 6.45) is 4.66. The van der Waals surface area contributed by atoms with Crippen LogP contribution in [0, 0.1) is 5.92 Å². The molecule has 1 saturated heterocycles. The molecule has 0 radical (unpaired) electrons. The lowest BCUT2D eigenvalue weighted by molar-refractivity contribution is 0.121. The first-order valence-corrected chi connectivity index (χ1v) is 5.07. The van der Waals surface area contributed by atoms with Gasteiger partial charge in [0, 0.05) is 18.9 Å². The van der Waals surface area contributed by atoms with Crippen LogP contribution in [-0.2, 0) is 4.74 Å². The molecule has 2 aliphatic rings. The van der Waals surface area contributed by atoms with Gasteiger partial charge < -0.3 is 15.2 Å². The van der Waals surface area contributed by atoms with Crippen LogP contribution in [0.25, 0.3) is 0 Å². The Morgan fingerprint density at radius 1 is 1.62 bits per heavy atom. The molecule has 0 spiro atoms. The zero-order valence-electron chi connectivity index (χ0n) is 7.83. The Balaban J connectivity index is 1.90. The summed E-state index contributed by atoms with van der Waals surface area (Å²) in [5.41, 5.74) is 1.08. The van der Waals surface area contributed by atoms with Gasteiger partial charge >= 0.3 is 0 Å². The van der Waals surface area contributed by atoms with E-state index in [-0.39, 0.29) is 6.10 Å². The van der Waals surface area contributed by atoms with Gasteiger partial charge in [-0.15, -0.1) is 0 Å². The third-order valence-corrected chi connectivity index (χ3v) is 2.90. The second kappa shape index (κ2) is 4.11. The maximum atomic E-state index is 9.99. The Morgan fingerprint density at radius 3 is 3.15 bits per heavy atom. The van der Waals surface area contributed by atoms with E-state index in [4.69, 9.17) is 4.74 Å². The molecular weight excluding hydrogens is 166 g/mol. The number of hydrogen-bond acceptors (Lipinski definition) is 3. The second-order valence-corrected chi connectivity index (χ2v) is 3.86. The molecule has 2 rings (SSSR count). The molecule has 1 fully saturated rings. The molecule has 0 amide bonds. The van der Waals surface area contributed by atoms with Crippen molar-refractivity contribution in [3.05, 3.63) is 11.8 Å². The van der Waals surface area contributed by atoms with Crippen molar-refractivity contribution in [2.45, 2.75) is 25.4 Å². The normalized spacial score (nSPS) is 30.8. The van der Waals surface area contributed by atoms with E-state index in [1.165, 1.54) is 6.42 Å². The van der Waals surface area contributed by atoms with Gasteiger partial charge in [-0.1, -0.05) is 0 Å². The number of rotatable bonds is 2. The van der Waals surface area contributed by atoms with E-state index in [9.17, 15) is 5.11 Å². The van der Waals surface area contributed by atoms with E-state index in [1.807, 2.05) is 0 Å². The van der Waals surface area contributed by atoms with Crippen molar-refractivity contribution in [3.8, 4) is 0 Å². The zero-order valence-corrected chi connectivity index (χ0v) is 7.83. The molecule has 0 saturated carbocycles. The Kier molecular flexibility index (Phi) is 2.86. The molecule has 0 aliphatic carbocycles. The van der Waals surface area contributed by atoms with Gasteiger partial charge in [0.2, 0.25) is 0 Å². The van der Waals surface area contributed by atoms with Crippen LogP contribution >= 0.6 is 0 Å². The topological polar surface area (TPSA) is 41.5 Å². The van der Waals surface area contributed by atoms with Crippen LogP contribution in [0.5, 0.6) is 0 Å². The fourth-order valence-electron chi connectivity index (χ4n) is 2.07. The fraction of sp³-hybridized carbons (Fsp3) is 0.800. The standard InChI is InChI=1S/C10H17NO2/c12-10(9-3-5-13-7-9)8-2-1-4-11-6-8/h7-8,10-12H,1-6H2. The zero-order chi connectivity index (χ0) is 9.10. The van der Waals surface area contributed by atoms with Crippen molar-refractivity contribution >= 4 is 0 Å². The van der Waals surface area contributed by atoms with E-state index in [2.05, 4.69) is 5.32 Å². The third-order valence-electron chi connectivity index (χ3n) is 2.90. The number of ether oxygens (including phenoxy) is 1. The SMILES string of the molecule is OC(C1=COCC1)C1CCCNC1. The van der Waals surface area contributed by atoms with Gasteiger partial charge in [-0.05, 0) is 25.0 Å². The third kappa shape index (κ3) is 2.03. The van der Waals surface area contributed by atoms with Gasteiger partial charge in [0.05, 0.1) is 19.0 Å². The quantitative estimate of drug-likeness (QED) is 0.660. The first kappa shape index (κ1) is 9.03. The monoisotopic (exact) mass is 183 g/mol. The van der Waals surface area contributed by atoms with E-state index >= 15 is 0 Å². The molecule has 74 valence electrons. The summed E-state index contributed by atoms with van der Waals surface area (Å²) in [4.78, 5) is 0. The molecule has 2 unspecified atom stereocenters. The van der Waals surface area contributed by atoms with Gasteiger partial charge in [-0.3, -0.25) is 0 Å². The lowest BCUT2D eigenvalue weighted by atomic mass is 9.89. The summed E-state index contributed by atoms with van der Waals surface area (Å²) >= 11 is 0. The number of piperidine rings is 1. The number of aliphatic hydroxyl groups is 1. The molecule has 2 heterocycles. The summed E-state index contributed by atoms with van der Waals surface area (Å²) in [7, 11) is 0. The smallest absolute Gasteiger partial charge is 0.0912 e. The van der Waals surface area contributed by atoms with E-state index in [1.54, 1.807) is 6.26 Å². The maximum Gasteiger partial charge on any atom is 0.0912 e. The summed E-state index contributed by atoms with van der Waals surface area (Å²) in [6, 6.07) is 0. The minimum absolute atomic E-state index is 0.282. The molecule has 0 bridgehead atoms. The van der Waals surface area contributed by atoms with Crippen LogP contribution in [0.4, 0.5) is 0 Å². The van der Waals surface area contributed by atoms with Crippen LogP contribution in [0.2, 0.25) is 0 Å². The highest BCUT2D eigenvalue weighted by molar-refractivity contribution is 5.10. The Hall–Kier alpha value is -0.540. The first-order chi connectivity index (χ1) is 6.38. The molecule has 2 atom stereocenters. The summed E-state index contributed by atoms with van der Waals surface area (Å²) < 4.78 is 5.13. The summed E-state index contributed by atoms with van der Waals surface area (Å²) in [6.45, 7) is 2.78. The van der Waals surface area contributed by atoms with Gasteiger partial charge in [-0.25, -0.2) is 0 Å². The highest BCUT2D eigenvalue weighted by Gasteiger charge is 2.26. The molecule has 13 heavy (non-hydrogen) atoms. The minimum atomic E-state index is -0.282. The van der Waals surface area contributed by atoms with Gasteiger partial charge in [-0.2, -0.15) is 0 Å². The highest BCUT2D eigenvalue weighted by Crippen LogP contribution is 2.24. The van der Waals surface area contributed by atoms with Gasteiger partial charge in [0.15, 0.2) is 0 Å². The predicted molar refractivity (Wildman–Crippen MR) is 50.3 cm³/mol. The van der Waals surface area contributed by atoms with Crippen molar-refractivity contribution < 1.29 is 9.84 Å². The number of aliphatic hydroxyl groups excluding tert-OH is 1. The molecule has 0 aromatic rings. The van der Waals surface area contributed by atoms with E-state index in [0.29, 0.717) is 5.92 Å². The molecule has 2 N–H and O–H groups in total.